The summed E-state index contributed by atoms with van der Waals surface area (Å²) in [5.41, 5.74) is 2.58. The van der Waals surface area contributed by atoms with Crippen molar-refractivity contribution in [3.05, 3.63) is 35.4 Å². The average Bonchev–Trinajstić information content (AvgIpc) is 2.41. The number of benzene rings is 1. The van der Waals surface area contributed by atoms with Gasteiger partial charge in [0, 0.05) is 6.54 Å². The molecule has 0 N–H and O–H groups in total. The van der Waals surface area contributed by atoms with Crippen LogP contribution in [0.2, 0.25) is 0 Å². The summed E-state index contributed by atoms with van der Waals surface area (Å²) >= 11 is 0. The molecule has 0 amide bonds. The van der Waals surface area contributed by atoms with E-state index in [2.05, 4.69) is 30.0 Å². The van der Waals surface area contributed by atoms with Crippen molar-refractivity contribution < 1.29 is 9.53 Å². The molecule has 0 bridgehead atoms. The molecule has 1 fully saturated rings. The third-order valence-electron chi connectivity index (χ3n) is 3.72. The van der Waals surface area contributed by atoms with E-state index in [1.54, 1.807) is 0 Å². The van der Waals surface area contributed by atoms with Gasteiger partial charge in [0.05, 0.1) is 7.11 Å². The number of aryl methyl sites for hydroxylation is 1. The van der Waals surface area contributed by atoms with Crippen LogP contribution in [0.5, 0.6) is 0 Å². The van der Waals surface area contributed by atoms with Crippen molar-refractivity contribution in [2.24, 2.45) is 0 Å². The van der Waals surface area contributed by atoms with Gasteiger partial charge in [0.2, 0.25) is 0 Å². The fraction of sp³-hybridized carbons (Fsp3) is 0.533. The predicted molar refractivity (Wildman–Crippen MR) is 71.2 cm³/mol. The van der Waals surface area contributed by atoms with Crippen LogP contribution in [0.15, 0.2) is 24.3 Å². The first-order chi connectivity index (χ1) is 8.72. The average molecular weight is 247 g/mol. The smallest absolute Gasteiger partial charge is 0.323 e. The molecule has 98 valence electrons. The molecular weight excluding hydrogens is 226 g/mol. The Hall–Kier alpha value is -1.35. The van der Waals surface area contributed by atoms with Gasteiger partial charge in [-0.15, -0.1) is 0 Å². The van der Waals surface area contributed by atoms with E-state index in [-0.39, 0.29) is 12.0 Å². The van der Waals surface area contributed by atoms with Gasteiger partial charge in [0.1, 0.15) is 6.04 Å². The lowest BCUT2D eigenvalue weighted by atomic mass is 10.00. The molecule has 0 spiro atoms. The molecule has 1 atom stereocenters. The topological polar surface area (TPSA) is 29.5 Å². The van der Waals surface area contributed by atoms with Gasteiger partial charge in [-0.1, -0.05) is 30.7 Å². The van der Waals surface area contributed by atoms with E-state index < -0.39 is 0 Å². The molecule has 3 heteroatoms. The van der Waals surface area contributed by atoms with E-state index in [9.17, 15) is 4.79 Å². The number of nitrogens with zero attached hydrogens (tertiary/aromatic N) is 1. The van der Waals surface area contributed by atoms with E-state index in [4.69, 9.17) is 4.74 Å². The molecule has 1 saturated heterocycles. The highest BCUT2D eigenvalue weighted by Crippen LogP contribution is 2.21. The van der Waals surface area contributed by atoms with Crippen LogP contribution in [0, 0.1) is 6.92 Å². The second-order valence-electron chi connectivity index (χ2n) is 4.93. The van der Waals surface area contributed by atoms with Crippen molar-refractivity contribution in [2.75, 3.05) is 13.7 Å². The molecular formula is C15H21NO2. The van der Waals surface area contributed by atoms with E-state index in [0.717, 1.165) is 25.9 Å². The lowest BCUT2D eigenvalue weighted by Gasteiger charge is -2.34. The van der Waals surface area contributed by atoms with Gasteiger partial charge in [-0.3, -0.25) is 9.69 Å². The summed E-state index contributed by atoms with van der Waals surface area (Å²) in [4.78, 5) is 14.0. The van der Waals surface area contributed by atoms with Crippen LogP contribution in [0.3, 0.4) is 0 Å². The molecule has 0 aromatic heterocycles. The van der Waals surface area contributed by atoms with Gasteiger partial charge >= 0.3 is 5.97 Å². The van der Waals surface area contributed by atoms with Crippen LogP contribution in [-0.2, 0) is 16.1 Å². The Balaban J connectivity index is 2.10. The Bertz CT molecular complexity index is 417. The van der Waals surface area contributed by atoms with Crippen LogP contribution in [-0.4, -0.2) is 30.6 Å². The first kappa shape index (κ1) is 13.1. The largest absolute Gasteiger partial charge is 0.468 e. The molecule has 3 nitrogen and oxygen atoms in total. The monoisotopic (exact) mass is 247 g/mol. The van der Waals surface area contributed by atoms with E-state index >= 15 is 0 Å². The molecule has 0 unspecified atom stereocenters. The normalized spacial score (nSPS) is 20.7. The summed E-state index contributed by atoms with van der Waals surface area (Å²) < 4.78 is 4.91. The number of rotatable bonds is 3. The van der Waals surface area contributed by atoms with Crippen LogP contribution >= 0.6 is 0 Å². The van der Waals surface area contributed by atoms with Gasteiger partial charge in [-0.25, -0.2) is 0 Å². The number of esters is 1. The zero-order chi connectivity index (χ0) is 13.0. The number of carbonyl (C=O) groups is 1. The second-order valence-corrected chi connectivity index (χ2v) is 4.93. The lowest BCUT2D eigenvalue weighted by molar-refractivity contribution is -0.148. The van der Waals surface area contributed by atoms with E-state index in [0.29, 0.717) is 0 Å². The fourth-order valence-electron chi connectivity index (χ4n) is 2.59. The highest BCUT2D eigenvalue weighted by atomic mass is 16.5. The van der Waals surface area contributed by atoms with Crippen molar-refractivity contribution in [3.63, 3.8) is 0 Å². The molecule has 1 aromatic rings. The summed E-state index contributed by atoms with van der Waals surface area (Å²) in [6, 6.07) is 8.29. The lowest BCUT2D eigenvalue weighted by Crippen LogP contribution is -2.44. The first-order valence-corrected chi connectivity index (χ1v) is 6.58. The van der Waals surface area contributed by atoms with Crippen LogP contribution in [0.25, 0.3) is 0 Å². The van der Waals surface area contributed by atoms with E-state index in [1.165, 1.54) is 24.7 Å². The summed E-state index contributed by atoms with van der Waals surface area (Å²) in [5, 5.41) is 0. The van der Waals surface area contributed by atoms with Crippen LogP contribution < -0.4 is 0 Å². The van der Waals surface area contributed by atoms with Crippen molar-refractivity contribution in [1.82, 2.24) is 4.90 Å². The predicted octanol–water partition coefficient (Wildman–Crippen LogP) is 2.52. The van der Waals surface area contributed by atoms with Gasteiger partial charge in [0.15, 0.2) is 0 Å². The maximum atomic E-state index is 11.8. The Morgan fingerprint density at radius 1 is 1.39 bits per heavy atom. The van der Waals surface area contributed by atoms with Crippen molar-refractivity contribution in [2.45, 2.75) is 38.8 Å². The van der Waals surface area contributed by atoms with E-state index in [1.807, 2.05) is 6.07 Å². The number of hydrogen-bond acceptors (Lipinski definition) is 3. The minimum Gasteiger partial charge on any atom is -0.468 e. The molecule has 2 rings (SSSR count). The highest BCUT2D eigenvalue weighted by molar-refractivity contribution is 5.75. The SMILES string of the molecule is COC(=O)[C@H]1CCCCN1Cc1ccccc1C. The molecule has 1 aliphatic heterocycles. The number of methoxy groups -OCH3 is 1. The van der Waals surface area contributed by atoms with Crippen molar-refractivity contribution in [1.29, 1.82) is 0 Å². The number of likely N-dealkylation sites (tertiary alicyclic amines) is 1. The Kier molecular flexibility index (Phi) is 4.37. The molecule has 1 heterocycles. The fourth-order valence-corrected chi connectivity index (χ4v) is 2.59. The first-order valence-electron chi connectivity index (χ1n) is 6.58. The number of ether oxygens (including phenoxy) is 1. The van der Waals surface area contributed by atoms with Crippen LogP contribution in [0.1, 0.15) is 30.4 Å². The molecule has 1 aromatic carbocycles. The standard InChI is InChI=1S/C15H21NO2/c1-12-7-3-4-8-13(12)11-16-10-6-5-9-14(16)15(17)18-2/h3-4,7-8,14H,5-6,9-11H2,1-2H3/t14-/m1/s1. The number of piperidine rings is 1. The maximum Gasteiger partial charge on any atom is 0.323 e. The highest BCUT2D eigenvalue weighted by Gasteiger charge is 2.29. The third-order valence-corrected chi connectivity index (χ3v) is 3.72. The zero-order valence-corrected chi connectivity index (χ0v) is 11.2. The summed E-state index contributed by atoms with van der Waals surface area (Å²) in [6.07, 6.45) is 3.20. The number of hydrogen-bond donors (Lipinski definition) is 0. The second kappa shape index (κ2) is 6.01. The number of carbonyl (C=O) groups excluding carboxylic acids is 1. The molecule has 1 aliphatic rings. The van der Waals surface area contributed by atoms with Gasteiger partial charge in [-0.05, 0) is 37.4 Å². The zero-order valence-electron chi connectivity index (χ0n) is 11.2. The molecule has 0 saturated carbocycles. The van der Waals surface area contributed by atoms with Crippen LogP contribution in [0.4, 0.5) is 0 Å². The van der Waals surface area contributed by atoms with Gasteiger partial charge < -0.3 is 4.74 Å². The Morgan fingerprint density at radius 2 is 2.17 bits per heavy atom. The quantitative estimate of drug-likeness (QED) is 0.769. The minimum atomic E-state index is -0.0942. The summed E-state index contributed by atoms with van der Waals surface area (Å²) in [6.45, 7) is 3.94. The molecule has 18 heavy (non-hydrogen) atoms. The van der Waals surface area contributed by atoms with Gasteiger partial charge in [-0.2, -0.15) is 0 Å². The summed E-state index contributed by atoms with van der Waals surface area (Å²) in [7, 11) is 1.48. The maximum absolute atomic E-state index is 11.8. The van der Waals surface area contributed by atoms with Gasteiger partial charge in [0.25, 0.3) is 0 Å². The Labute approximate surface area is 109 Å². The third kappa shape index (κ3) is 2.91. The van der Waals surface area contributed by atoms with Crippen molar-refractivity contribution in [3.8, 4) is 0 Å². The summed E-state index contributed by atoms with van der Waals surface area (Å²) in [5.74, 6) is -0.0942. The molecule has 0 radical (unpaired) electrons. The molecule has 0 aliphatic carbocycles. The minimum absolute atomic E-state index is 0.0663. The van der Waals surface area contributed by atoms with Crippen molar-refractivity contribution >= 4 is 5.97 Å². The Morgan fingerprint density at radius 3 is 2.89 bits per heavy atom.